The molecule has 5 heteroatoms. The Labute approximate surface area is 80.7 Å². The minimum absolute atomic E-state index is 0.121. The van der Waals surface area contributed by atoms with Crippen molar-refractivity contribution in [2.24, 2.45) is 0 Å². The molecule has 0 aromatic carbocycles. The van der Waals surface area contributed by atoms with Gasteiger partial charge in [-0.2, -0.15) is 4.39 Å². The summed E-state index contributed by atoms with van der Waals surface area (Å²) < 4.78 is 22.6. The monoisotopic (exact) mass is 199 g/mol. The maximum absolute atomic E-state index is 13.1. The lowest BCUT2D eigenvalue weighted by molar-refractivity contribution is 0.0516. The molecular formula is C9H10FNO3. The molecule has 4 nitrogen and oxygen atoms in total. The summed E-state index contributed by atoms with van der Waals surface area (Å²) in [7, 11) is 1.34. The fourth-order valence-electron chi connectivity index (χ4n) is 0.978. The van der Waals surface area contributed by atoms with Crippen LogP contribution in [0.5, 0.6) is 5.75 Å². The quantitative estimate of drug-likeness (QED) is 0.545. The third-order valence-corrected chi connectivity index (χ3v) is 1.57. The normalized spacial score (nSPS) is 9.64. The Morgan fingerprint density at radius 2 is 2.36 bits per heavy atom. The zero-order valence-corrected chi connectivity index (χ0v) is 7.91. The Bertz CT molecular complexity index is 341. The van der Waals surface area contributed by atoms with Crippen LogP contribution in [0, 0.1) is 5.95 Å². The van der Waals surface area contributed by atoms with E-state index in [1.54, 1.807) is 6.92 Å². The van der Waals surface area contributed by atoms with Crippen molar-refractivity contribution in [3.63, 3.8) is 0 Å². The molecule has 0 fully saturated rings. The lowest BCUT2D eigenvalue weighted by Gasteiger charge is -2.07. The van der Waals surface area contributed by atoms with E-state index < -0.39 is 11.9 Å². The number of rotatable bonds is 3. The topological polar surface area (TPSA) is 48.4 Å². The second-order valence-corrected chi connectivity index (χ2v) is 2.40. The van der Waals surface area contributed by atoms with Crippen LogP contribution in [0.2, 0.25) is 0 Å². The maximum Gasteiger partial charge on any atom is 0.346 e. The van der Waals surface area contributed by atoms with E-state index in [0.29, 0.717) is 0 Å². The maximum atomic E-state index is 13.1. The zero-order chi connectivity index (χ0) is 10.6. The molecule has 14 heavy (non-hydrogen) atoms. The number of hydrogen-bond acceptors (Lipinski definition) is 4. The molecule has 1 heterocycles. The molecule has 0 aliphatic heterocycles. The molecule has 1 aromatic rings. The van der Waals surface area contributed by atoms with Crippen LogP contribution in [-0.2, 0) is 4.74 Å². The molecule has 0 aliphatic rings. The van der Waals surface area contributed by atoms with Crippen LogP contribution < -0.4 is 4.74 Å². The largest absolute Gasteiger partial charge is 0.496 e. The molecule has 0 bridgehead atoms. The van der Waals surface area contributed by atoms with Gasteiger partial charge in [0.2, 0.25) is 5.95 Å². The molecule has 0 atom stereocenters. The third kappa shape index (κ3) is 1.99. The Hall–Kier alpha value is -1.65. The van der Waals surface area contributed by atoms with Gasteiger partial charge in [-0.25, -0.2) is 9.78 Å². The zero-order valence-electron chi connectivity index (χ0n) is 7.91. The number of esters is 1. The number of hydrogen-bond donors (Lipinski definition) is 0. The van der Waals surface area contributed by atoms with Gasteiger partial charge in [-0.3, -0.25) is 0 Å². The van der Waals surface area contributed by atoms with Crippen LogP contribution in [0.25, 0.3) is 0 Å². The van der Waals surface area contributed by atoms with Crippen molar-refractivity contribution in [2.45, 2.75) is 6.92 Å². The number of aromatic nitrogens is 1. The number of halogens is 1. The van der Waals surface area contributed by atoms with E-state index >= 15 is 0 Å². The fraction of sp³-hybridized carbons (Fsp3) is 0.333. The van der Waals surface area contributed by atoms with Gasteiger partial charge < -0.3 is 9.47 Å². The van der Waals surface area contributed by atoms with Crippen LogP contribution in [-0.4, -0.2) is 24.7 Å². The van der Waals surface area contributed by atoms with Gasteiger partial charge in [-0.1, -0.05) is 0 Å². The van der Waals surface area contributed by atoms with Gasteiger partial charge in [-0.15, -0.1) is 0 Å². The van der Waals surface area contributed by atoms with E-state index in [4.69, 9.17) is 4.74 Å². The molecular weight excluding hydrogens is 189 g/mol. The molecule has 0 amide bonds. The first-order chi connectivity index (χ1) is 6.70. The Morgan fingerprint density at radius 3 is 2.93 bits per heavy atom. The summed E-state index contributed by atoms with van der Waals surface area (Å²) in [5.74, 6) is -1.53. The van der Waals surface area contributed by atoms with E-state index in [1.165, 1.54) is 19.4 Å². The van der Waals surface area contributed by atoms with E-state index in [0.717, 1.165) is 0 Å². The molecule has 1 rings (SSSR count). The van der Waals surface area contributed by atoms with Crippen molar-refractivity contribution in [1.82, 2.24) is 4.98 Å². The fourth-order valence-corrected chi connectivity index (χ4v) is 0.978. The summed E-state index contributed by atoms with van der Waals surface area (Å²) in [5, 5.41) is 0. The van der Waals surface area contributed by atoms with Gasteiger partial charge in [0.15, 0.2) is 5.56 Å². The minimum Gasteiger partial charge on any atom is -0.496 e. The predicted molar refractivity (Wildman–Crippen MR) is 46.7 cm³/mol. The summed E-state index contributed by atoms with van der Waals surface area (Å²) in [6.45, 7) is 1.81. The average Bonchev–Trinajstić information content (AvgIpc) is 2.17. The number of pyridine rings is 1. The number of carbonyl (C=O) groups is 1. The van der Waals surface area contributed by atoms with Gasteiger partial charge in [0.25, 0.3) is 0 Å². The highest BCUT2D eigenvalue weighted by atomic mass is 19.1. The Morgan fingerprint density at radius 1 is 1.64 bits per heavy atom. The minimum atomic E-state index is -0.886. The first-order valence-electron chi connectivity index (χ1n) is 4.06. The lowest BCUT2D eigenvalue weighted by atomic mass is 10.2. The molecule has 0 unspecified atom stereocenters. The summed E-state index contributed by atoms with van der Waals surface area (Å²) in [4.78, 5) is 14.6. The highest BCUT2D eigenvalue weighted by Crippen LogP contribution is 2.19. The number of carbonyl (C=O) groups excluding carboxylic acids is 1. The van der Waals surface area contributed by atoms with Crippen molar-refractivity contribution in [1.29, 1.82) is 0 Å². The van der Waals surface area contributed by atoms with Crippen molar-refractivity contribution >= 4 is 5.97 Å². The van der Waals surface area contributed by atoms with Crippen molar-refractivity contribution in [3.05, 3.63) is 23.8 Å². The van der Waals surface area contributed by atoms with Crippen molar-refractivity contribution in [2.75, 3.05) is 13.7 Å². The molecule has 0 saturated carbocycles. The van der Waals surface area contributed by atoms with Crippen LogP contribution in [0.4, 0.5) is 4.39 Å². The molecule has 1 aromatic heterocycles. The predicted octanol–water partition coefficient (Wildman–Crippen LogP) is 1.41. The second-order valence-electron chi connectivity index (χ2n) is 2.40. The number of methoxy groups -OCH3 is 1. The third-order valence-electron chi connectivity index (χ3n) is 1.57. The highest BCUT2D eigenvalue weighted by Gasteiger charge is 2.19. The SMILES string of the molecule is CCOC(=O)c1c(OC)ccnc1F. The first kappa shape index (κ1) is 10.4. The molecule has 0 N–H and O–H groups in total. The smallest absolute Gasteiger partial charge is 0.346 e. The van der Waals surface area contributed by atoms with Gasteiger partial charge >= 0.3 is 5.97 Å². The average molecular weight is 199 g/mol. The first-order valence-corrected chi connectivity index (χ1v) is 4.06. The van der Waals surface area contributed by atoms with Gasteiger partial charge in [0.05, 0.1) is 13.7 Å². The summed E-state index contributed by atoms with van der Waals surface area (Å²) in [6.07, 6.45) is 1.22. The molecule has 76 valence electrons. The van der Waals surface area contributed by atoms with E-state index in [-0.39, 0.29) is 17.9 Å². The Kier molecular flexibility index (Phi) is 3.39. The summed E-state index contributed by atoms with van der Waals surface area (Å²) in [6, 6.07) is 1.40. The van der Waals surface area contributed by atoms with Crippen molar-refractivity contribution < 1.29 is 18.7 Å². The van der Waals surface area contributed by atoms with Gasteiger partial charge in [-0.05, 0) is 13.0 Å². The van der Waals surface area contributed by atoms with Gasteiger partial charge in [0, 0.05) is 6.20 Å². The Balaban J connectivity index is 3.10. The van der Waals surface area contributed by atoms with E-state index in [1.807, 2.05) is 0 Å². The molecule has 0 spiro atoms. The molecule has 0 radical (unpaired) electrons. The number of ether oxygens (including phenoxy) is 2. The van der Waals surface area contributed by atoms with Crippen LogP contribution >= 0.6 is 0 Å². The lowest BCUT2D eigenvalue weighted by Crippen LogP contribution is -2.10. The second kappa shape index (κ2) is 4.55. The summed E-state index contributed by atoms with van der Waals surface area (Å²) >= 11 is 0. The van der Waals surface area contributed by atoms with Gasteiger partial charge in [0.1, 0.15) is 5.75 Å². The van der Waals surface area contributed by atoms with Crippen LogP contribution in [0.1, 0.15) is 17.3 Å². The number of nitrogens with zero attached hydrogens (tertiary/aromatic N) is 1. The van der Waals surface area contributed by atoms with Crippen LogP contribution in [0.15, 0.2) is 12.3 Å². The van der Waals surface area contributed by atoms with Crippen LogP contribution in [0.3, 0.4) is 0 Å². The van der Waals surface area contributed by atoms with Crippen molar-refractivity contribution in [3.8, 4) is 5.75 Å². The molecule has 0 saturated heterocycles. The summed E-state index contributed by atoms with van der Waals surface area (Å²) in [5.41, 5.74) is -0.267. The highest BCUT2D eigenvalue weighted by molar-refractivity contribution is 5.92. The molecule has 0 aliphatic carbocycles. The van der Waals surface area contributed by atoms with E-state index in [9.17, 15) is 9.18 Å². The standard InChI is InChI=1S/C9H10FNO3/c1-3-14-9(12)7-6(13-2)4-5-11-8(7)10/h4-5H,3H2,1-2H3. The van der Waals surface area contributed by atoms with E-state index in [2.05, 4.69) is 9.72 Å².